The smallest absolute Gasteiger partial charge is 0.255 e. The maximum atomic E-state index is 12.1. The number of aromatic nitrogens is 1. The Morgan fingerprint density at radius 1 is 1.14 bits per heavy atom. The third-order valence-electron chi connectivity index (χ3n) is 3.20. The fourth-order valence-electron chi connectivity index (χ4n) is 2.00. The molecule has 0 unspecified atom stereocenters. The number of hydrogen-bond donors (Lipinski definition) is 1. The summed E-state index contributed by atoms with van der Waals surface area (Å²) in [4.78, 5) is 18.6. The number of benzene rings is 1. The van der Waals surface area contributed by atoms with E-state index in [2.05, 4.69) is 45.0 Å². The average Bonchev–Trinajstić information content (AvgIpc) is 2.51. The van der Waals surface area contributed by atoms with Gasteiger partial charge in [-0.2, -0.15) is 0 Å². The Morgan fingerprint density at radius 3 is 2.33 bits per heavy atom. The first-order chi connectivity index (χ1) is 10.1. The van der Waals surface area contributed by atoms with Gasteiger partial charge in [0.1, 0.15) is 5.82 Å². The van der Waals surface area contributed by atoms with Crippen molar-refractivity contribution in [2.45, 2.75) is 13.8 Å². The van der Waals surface area contributed by atoms with Crippen LogP contribution in [0, 0.1) is 0 Å². The van der Waals surface area contributed by atoms with Gasteiger partial charge >= 0.3 is 0 Å². The summed E-state index contributed by atoms with van der Waals surface area (Å²) in [6.45, 7) is 6.00. The van der Waals surface area contributed by atoms with Gasteiger partial charge in [-0.3, -0.25) is 4.79 Å². The molecule has 0 atom stereocenters. The second-order valence-corrected chi connectivity index (χ2v) is 5.45. The van der Waals surface area contributed by atoms with Crippen LogP contribution in [0.4, 0.5) is 11.5 Å². The summed E-state index contributed by atoms with van der Waals surface area (Å²) < 4.78 is 0.948. The Kier molecular flexibility index (Phi) is 5.33. The van der Waals surface area contributed by atoms with E-state index in [0.29, 0.717) is 11.3 Å². The Bertz CT molecular complexity index is 592. The summed E-state index contributed by atoms with van der Waals surface area (Å²) in [6.07, 6.45) is 1.68. The van der Waals surface area contributed by atoms with E-state index in [9.17, 15) is 4.79 Å². The fourth-order valence-corrected chi connectivity index (χ4v) is 2.26. The van der Waals surface area contributed by atoms with Crippen molar-refractivity contribution in [2.75, 3.05) is 23.3 Å². The highest BCUT2D eigenvalue weighted by Gasteiger charge is 2.07. The van der Waals surface area contributed by atoms with E-state index in [-0.39, 0.29) is 5.91 Å². The van der Waals surface area contributed by atoms with E-state index in [4.69, 9.17) is 0 Å². The van der Waals surface area contributed by atoms with E-state index in [1.807, 2.05) is 24.3 Å². The van der Waals surface area contributed by atoms with Crippen molar-refractivity contribution in [3.63, 3.8) is 0 Å². The molecule has 5 heteroatoms. The van der Waals surface area contributed by atoms with E-state index in [1.54, 1.807) is 18.3 Å². The largest absolute Gasteiger partial charge is 0.357 e. The molecule has 0 aliphatic carbocycles. The normalized spacial score (nSPS) is 10.2. The van der Waals surface area contributed by atoms with Crippen LogP contribution in [0.25, 0.3) is 0 Å². The molecule has 1 aromatic heterocycles. The molecule has 1 N–H and O–H groups in total. The predicted molar refractivity (Wildman–Crippen MR) is 89.9 cm³/mol. The van der Waals surface area contributed by atoms with E-state index in [1.165, 1.54) is 0 Å². The Hall–Kier alpha value is -1.88. The van der Waals surface area contributed by atoms with E-state index < -0.39 is 0 Å². The van der Waals surface area contributed by atoms with Crippen molar-refractivity contribution in [2.24, 2.45) is 0 Å². The van der Waals surface area contributed by atoms with Gasteiger partial charge in [0.15, 0.2) is 0 Å². The molecule has 0 fully saturated rings. The molecule has 2 aromatic rings. The molecule has 0 spiro atoms. The summed E-state index contributed by atoms with van der Waals surface area (Å²) in [7, 11) is 0. The minimum Gasteiger partial charge on any atom is -0.357 e. The third kappa shape index (κ3) is 4.04. The van der Waals surface area contributed by atoms with Crippen LogP contribution in [0.1, 0.15) is 24.2 Å². The first-order valence-corrected chi connectivity index (χ1v) is 7.71. The van der Waals surface area contributed by atoms with Crippen molar-refractivity contribution in [1.82, 2.24) is 4.98 Å². The van der Waals surface area contributed by atoms with Crippen LogP contribution < -0.4 is 10.2 Å². The van der Waals surface area contributed by atoms with E-state index >= 15 is 0 Å². The predicted octanol–water partition coefficient (Wildman–Crippen LogP) is 3.94. The quantitative estimate of drug-likeness (QED) is 0.890. The number of nitrogens with zero attached hydrogens (tertiary/aromatic N) is 2. The first kappa shape index (κ1) is 15.5. The summed E-state index contributed by atoms with van der Waals surface area (Å²) in [5, 5.41) is 2.84. The lowest BCUT2D eigenvalue weighted by atomic mass is 10.2. The van der Waals surface area contributed by atoms with Gasteiger partial charge < -0.3 is 10.2 Å². The van der Waals surface area contributed by atoms with E-state index in [0.717, 1.165) is 23.4 Å². The molecule has 2 rings (SSSR count). The lowest BCUT2D eigenvalue weighted by Crippen LogP contribution is -2.22. The molecule has 0 aliphatic heterocycles. The average molecular weight is 348 g/mol. The molecular weight excluding hydrogens is 330 g/mol. The maximum Gasteiger partial charge on any atom is 0.255 e. The molecular formula is C16H18BrN3O. The van der Waals surface area contributed by atoms with Crippen LogP contribution in [0.5, 0.6) is 0 Å². The topological polar surface area (TPSA) is 45.2 Å². The lowest BCUT2D eigenvalue weighted by molar-refractivity contribution is 0.102. The van der Waals surface area contributed by atoms with Crippen LogP contribution in [0.2, 0.25) is 0 Å². The van der Waals surface area contributed by atoms with Gasteiger partial charge in [0, 0.05) is 23.1 Å². The molecule has 0 bridgehead atoms. The summed E-state index contributed by atoms with van der Waals surface area (Å²) in [6, 6.07) is 11.0. The third-order valence-corrected chi connectivity index (χ3v) is 3.73. The van der Waals surface area contributed by atoms with Gasteiger partial charge in [-0.25, -0.2) is 4.98 Å². The fraction of sp³-hybridized carbons (Fsp3) is 0.250. The minimum absolute atomic E-state index is 0.139. The van der Waals surface area contributed by atoms with Crippen molar-refractivity contribution < 1.29 is 4.79 Å². The standard InChI is InChI=1S/C16H18BrN3O/c1-3-20(4-2)15-10-9-14(11-18-15)19-16(21)12-5-7-13(17)8-6-12/h5-11H,3-4H2,1-2H3,(H,19,21). The number of amides is 1. The van der Waals surface area contributed by atoms with Crippen LogP contribution >= 0.6 is 15.9 Å². The Labute approximate surface area is 133 Å². The van der Waals surface area contributed by atoms with Crippen molar-refractivity contribution in [1.29, 1.82) is 0 Å². The number of carbonyl (C=O) groups excluding carboxylic acids is 1. The van der Waals surface area contributed by atoms with Crippen molar-refractivity contribution >= 4 is 33.3 Å². The number of rotatable bonds is 5. The summed E-state index contributed by atoms with van der Waals surface area (Å²) >= 11 is 3.35. The highest BCUT2D eigenvalue weighted by atomic mass is 79.9. The second kappa shape index (κ2) is 7.22. The van der Waals surface area contributed by atoms with Crippen LogP contribution in [0.3, 0.4) is 0 Å². The molecule has 0 saturated heterocycles. The van der Waals surface area contributed by atoms with Gasteiger partial charge in [0.25, 0.3) is 5.91 Å². The molecule has 1 amide bonds. The number of anilines is 2. The highest BCUT2D eigenvalue weighted by Crippen LogP contribution is 2.16. The monoisotopic (exact) mass is 347 g/mol. The zero-order valence-electron chi connectivity index (χ0n) is 12.1. The molecule has 1 heterocycles. The van der Waals surface area contributed by atoms with Gasteiger partial charge in [0.2, 0.25) is 0 Å². The van der Waals surface area contributed by atoms with Crippen LogP contribution in [-0.4, -0.2) is 24.0 Å². The van der Waals surface area contributed by atoms with Gasteiger partial charge in [-0.05, 0) is 50.2 Å². The highest BCUT2D eigenvalue weighted by molar-refractivity contribution is 9.10. The Morgan fingerprint density at radius 2 is 1.81 bits per heavy atom. The minimum atomic E-state index is -0.139. The van der Waals surface area contributed by atoms with Gasteiger partial charge in [-0.1, -0.05) is 15.9 Å². The first-order valence-electron chi connectivity index (χ1n) is 6.92. The lowest BCUT2D eigenvalue weighted by Gasteiger charge is -2.19. The molecule has 1 aromatic carbocycles. The molecule has 0 radical (unpaired) electrons. The molecule has 0 saturated carbocycles. The molecule has 110 valence electrons. The van der Waals surface area contributed by atoms with Gasteiger partial charge in [0.05, 0.1) is 11.9 Å². The van der Waals surface area contributed by atoms with Crippen molar-refractivity contribution in [3.8, 4) is 0 Å². The SMILES string of the molecule is CCN(CC)c1ccc(NC(=O)c2ccc(Br)cc2)cn1. The number of hydrogen-bond acceptors (Lipinski definition) is 3. The number of halogens is 1. The second-order valence-electron chi connectivity index (χ2n) is 4.54. The Balaban J connectivity index is 2.06. The summed E-state index contributed by atoms with van der Waals surface area (Å²) in [5.74, 6) is 0.779. The summed E-state index contributed by atoms with van der Waals surface area (Å²) in [5.41, 5.74) is 1.31. The number of nitrogens with one attached hydrogen (secondary N) is 1. The molecule has 0 aliphatic rings. The molecule has 21 heavy (non-hydrogen) atoms. The van der Waals surface area contributed by atoms with Gasteiger partial charge in [-0.15, -0.1) is 0 Å². The number of carbonyl (C=O) groups is 1. The zero-order valence-corrected chi connectivity index (χ0v) is 13.7. The zero-order chi connectivity index (χ0) is 15.2. The maximum absolute atomic E-state index is 12.1. The number of pyridine rings is 1. The van der Waals surface area contributed by atoms with Crippen molar-refractivity contribution in [3.05, 3.63) is 52.6 Å². The van der Waals surface area contributed by atoms with Crippen LogP contribution in [-0.2, 0) is 0 Å². The van der Waals surface area contributed by atoms with Crippen LogP contribution in [0.15, 0.2) is 47.1 Å². The molecule has 4 nitrogen and oxygen atoms in total.